The fraction of sp³-hybridized carbons (Fsp3) is 0.654. The number of Topliss-reactive ketones (excluding diaryl/α,β-unsaturated/α-hetero) is 1. The van der Waals surface area contributed by atoms with Crippen molar-refractivity contribution in [2.45, 2.75) is 52.1 Å². The average Bonchev–Trinajstić information content (AvgIpc) is 3.30. The van der Waals surface area contributed by atoms with Crippen LogP contribution in [0, 0.1) is 34.0 Å². The highest BCUT2D eigenvalue weighted by Crippen LogP contribution is 2.67. The number of carbonyl (C=O) groups is 3. The molecule has 1 aromatic rings. The summed E-state index contributed by atoms with van der Waals surface area (Å²) in [5.74, 6) is -1.97. The molecular weight excluding hydrogens is 424 g/mol. The molecule has 0 N–H and O–H groups in total. The highest BCUT2D eigenvalue weighted by molar-refractivity contribution is 5.93. The number of hydrogen-bond donors (Lipinski definition) is 0. The Bertz CT molecular complexity index is 936. The van der Waals surface area contributed by atoms with E-state index in [1.54, 1.807) is 31.8 Å². The predicted molar refractivity (Wildman–Crippen MR) is 119 cm³/mol. The van der Waals surface area contributed by atoms with Crippen molar-refractivity contribution >= 4 is 17.7 Å². The molecule has 3 fully saturated rings. The Morgan fingerprint density at radius 3 is 2.61 bits per heavy atom. The van der Waals surface area contributed by atoms with E-state index in [1.165, 1.54) is 7.11 Å². The molecule has 33 heavy (non-hydrogen) atoms. The molecule has 4 rings (SSSR count). The Hall–Kier alpha value is -2.41. The first-order valence-corrected chi connectivity index (χ1v) is 11.6. The van der Waals surface area contributed by atoms with Gasteiger partial charge in [0, 0.05) is 18.6 Å². The standard InChI is InChI=1S/C26H34O7/c1-6-9-26(15-30-4)12-18(22(28)31-5)24(2)10-7-17-23(29)33-19(16-8-11-32-14-16)13-25(17,3)20(24)21(26)27/h6,8,11,14,17-20H,1,7,9-10,12-13,15H2,2-5H3/t17-,18+,19+,20+,24+,25+,26-/m1/s1. The Labute approximate surface area is 194 Å². The van der Waals surface area contributed by atoms with E-state index < -0.39 is 40.1 Å². The van der Waals surface area contributed by atoms with Gasteiger partial charge in [-0.1, -0.05) is 19.9 Å². The van der Waals surface area contributed by atoms with Gasteiger partial charge < -0.3 is 18.6 Å². The van der Waals surface area contributed by atoms with Crippen LogP contribution in [0.25, 0.3) is 0 Å². The number of allylic oxidation sites excluding steroid dienone is 1. The second-order valence-corrected chi connectivity index (χ2v) is 10.6. The van der Waals surface area contributed by atoms with Gasteiger partial charge >= 0.3 is 11.9 Å². The van der Waals surface area contributed by atoms with Crippen molar-refractivity contribution in [2.75, 3.05) is 20.8 Å². The predicted octanol–water partition coefficient (Wildman–Crippen LogP) is 4.28. The quantitative estimate of drug-likeness (QED) is 0.464. The Morgan fingerprint density at radius 1 is 1.24 bits per heavy atom. The number of esters is 2. The first kappa shape index (κ1) is 23.7. The van der Waals surface area contributed by atoms with Gasteiger partial charge in [0.15, 0.2) is 0 Å². The van der Waals surface area contributed by atoms with Crippen molar-refractivity contribution in [1.29, 1.82) is 0 Å². The SMILES string of the molecule is C=CC[C@]1(COC)C[C@@H](C(=O)OC)[C@]2(C)CC[C@@H]3C(=O)O[C@H](c4ccoc4)C[C@]3(C)[C@H]2C1=O. The van der Waals surface area contributed by atoms with Crippen molar-refractivity contribution in [1.82, 2.24) is 0 Å². The molecule has 3 aliphatic rings. The smallest absolute Gasteiger partial charge is 0.310 e. The summed E-state index contributed by atoms with van der Waals surface area (Å²) in [4.78, 5) is 40.8. The molecule has 7 heteroatoms. The van der Waals surface area contributed by atoms with Gasteiger partial charge in [-0.25, -0.2) is 0 Å². The van der Waals surface area contributed by atoms with Crippen molar-refractivity contribution in [3.8, 4) is 0 Å². The van der Waals surface area contributed by atoms with Crippen LogP contribution in [0.4, 0.5) is 0 Å². The lowest BCUT2D eigenvalue weighted by Crippen LogP contribution is -2.66. The number of carbonyl (C=O) groups excluding carboxylic acids is 3. The molecule has 2 heterocycles. The van der Waals surface area contributed by atoms with Gasteiger partial charge in [0.25, 0.3) is 0 Å². The molecular formula is C26H34O7. The first-order chi connectivity index (χ1) is 15.7. The lowest BCUT2D eigenvalue weighted by Gasteiger charge is -2.63. The van der Waals surface area contributed by atoms with Crippen LogP contribution in [-0.2, 0) is 28.6 Å². The summed E-state index contributed by atoms with van der Waals surface area (Å²) in [7, 11) is 2.96. The molecule has 2 aliphatic carbocycles. The van der Waals surface area contributed by atoms with Gasteiger partial charge in [-0.15, -0.1) is 6.58 Å². The molecule has 0 radical (unpaired) electrons. The third-order valence-electron chi connectivity index (χ3n) is 8.79. The first-order valence-electron chi connectivity index (χ1n) is 11.6. The summed E-state index contributed by atoms with van der Waals surface area (Å²) in [5.41, 5.74) is -1.44. The topological polar surface area (TPSA) is 92.0 Å². The number of methoxy groups -OCH3 is 2. The molecule has 0 spiro atoms. The highest BCUT2D eigenvalue weighted by atomic mass is 16.5. The van der Waals surface area contributed by atoms with Gasteiger partial charge in [-0.3, -0.25) is 14.4 Å². The Morgan fingerprint density at radius 2 is 2.00 bits per heavy atom. The second kappa shape index (κ2) is 8.42. The number of hydrogen-bond acceptors (Lipinski definition) is 7. The monoisotopic (exact) mass is 458 g/mol. The lowest BCUT2D eigenvalue weighted by atomic mass is 9.40. The molecule has 0 unspecified atom stereocenters. The van der Waals surface area contributed by atoms with Crippen LogP contribution in [0.15, 0.2) is 35.7 Å². The highest BCUT2D eigenvalue weighted by Gasteiger charge is 2.69. The molecule has 1 saturated heterocycles. The molecule has 7 nitrogen and oxygen atoms in total. The number of furan rings is 1. The van der Waals surface area contributed by atoms with Gasteiger partial charge in [0.05, 0.1) is 43.5 Å². The van der Waals surface area contributed by atoms with E-state index in [0.717, 1.165) is 5.56 Å². The molecule has 7 atom stereocenters. The molecule has 2 saturated carbocycles. The van der Waals surface area contributed by atoms with Crippen molar-refractivity contribution in [2.24, 2.45) is 34.0 Å². The average molecular weight is 459 g/mol. The molecule has 0 amide bonds. The van der Waals surface area contributed by atoms with E-state index in [-0.39, 0.29) is 24.3 Å². The van der Waals surface area contributed by atoms with Crippen LogP contribution in [0.2, 0.25) is 0 Å². The van der Waals surface area contributed by atoms with Crippen molar-refractivity contribution < 1.29 is 33.0 Å². The van der Waals surface area contributed by atoms with Crippen LogP contribution in [-0.4, -0.2) is 38.5 Å². The van der Waals surface area contributed by atoms with E-state index in [0.29, 0.717) is 32.1 Å². The third-order valence-corrected chi connectivity index (χ3v) is 8.79. The number of fused-ring (bicyclic) bond motifs is 3. The molecule has 1 aliphatic heterocycles. The summed E-state index contributed by atoms with van der Waals surface area (Å²) in [6, 6.07) is 1.79. The van der Waals surface area contributed by atoms with E-state index in [4.69, 9.17) is 18.6 Å². The minimum atomic E-state index is -0.892. The largest absolute Gasteiger partial charge is 0.472 e. The fourth-order valence-corrected chi connectivity index (χ4v) is 7.26. The number of ketones is 1. The number of cyclic esters (lactones) is 1. The zero-order valence-corrected chi connectivity index (χ0v) is 19.9. The maximum Gasteiger partial charge on any atom is 0.310 e. The minimum absolute atomic E-state index is 0.0553. The normalized spacial score (nSPS) is 40.4. The summed E-state index contributed by atoms with van der Waals surface area (Å²) in [6.45, 7) is 8.11. The molecule has 1 aromatic heterocycles. The molecule has 180 valence electrons. The summed E-state index contributed by atoms with van der Waals surface area (Å²) in [5, 5.41) is 0. The maximum atomic E-state index is 14.4. The summed E-state index contributed by atoms with van der Waals surface area (Å²) in [6.07, 6.45) is 6.73. The van der Waals surface area contributed by atoms with E-state index >= 15 is 0 Å². The minimum Gasteiger partial charge on any atom is -0.472 e. The van der Waals surface area contributed by atoms with Crippen LogP contribution in [0.3, 0.4) is 0 Å². The Balaban J connectivity index is 1.86. The van der Waals surface area contributed by atoms with Crippen LogP contribution in [0.1, 0.15) is 57.6 Å². The third kappa shape index (κ3) is 3.47. The maximum absolute atomic E-state index is 14.4. The van der Waals surface area contributed by atoms with Crippen LogP contribution >= 0.6 is 0 Å². The molecule has 0 aromatic carbocycles. The van der Waals surface area contributed by atoms with Crippen molar-refractivity contribution in [3.63, 3.8) is 0 Å². The lowest BCUT2D eigenvalue weighted by molar-refractivity contribution is -0.211. The summed E-state index contributed by atoms with van der Waals surface area (Å²) < 4.78 is 21.8. The van der Waals surface area contributed by atoms with E-state index in [2.05, 4.69) is 6.58 Å². The van der Waals surface area contributed by atoms with Gasteiger partial charge in [-0.2, -0.15) is 0 Å². The summed E-state index contributed by atoms with van der Waals surface area (Å²) >= 11 is 0. The van der Waals surface area contributed by atoms with Gasteiger partial charge in [0.2, 0.25) is 0 Å². The zero-order chi connectivity index (χ0) is 24.0. The zero-order valence-electron chi connectivity index (χ0n) is 19.9. The van der Waals surface area contributed by atoms with Crippen molar-refractivity contribution in [3.05, 3.63) is 36.8 Å². The second-order valence-electron chi connectivity index (χ2n) is 10.6. The fourth-order valence-electron chi connectivity index (χ4n) is 7.26. The molecule has 0 bridgehead atoms. The van der Waals surface area contributed by atoms with Crippen LogP contribution in [0.5, 0.6) is 0 Å². The Kier molecular flexibility index (Phi) is 6.06. The van der Waals surface area contributed by atoms with Gasteiger partial charge in [-0.05, 0) is 49.0 Å². The number of ether oxygens (including phenoxy) is 3. The van der Waals surface area contributed by atoms with Gasteiger partial charge in [0.1, 0.15) is 11.9 Å². The van der Waals surface area contributed by atoms with Crippen LogP contribution < -0.4 is 0 Å². The van der Waals surface area contributed by atoms with E-state index in [1.807, 2.05) is 13.8 Å². The number of rotatable bonds is 6. The van der Waals surface area contributed by atoms with E-state index in [9.17, 15) is 14.4 Å².